The molecule has 1 heterocycles. The number of carbonyl (C=O) groups excluding carboxylic acids is 3. The number of aromatic amines is 1. The maximum Gasteiger partial charge on any atom is 0.326 e. The smallest absolute Gasteiger partial charge is 0.326 e. The fraction of sp³-hybridized carbons (Fsp3) is 0.682. The zero-order valence-corrected chi connectivity index (χ0v) is 20.3. The van der Waals surface area contributed by atoms with E-state index in [1.807, 2.05) is 0 Å². The SMILES string of the molecule is CC(C)C(NC(=O)C(Cc1cnc[nH]1)NC(=O)C(NC(=O)C(N)CCCCN)C(C)C)C(=O)O. The summed E-state index contributed by atoms with van der Waals surface area (Å²) in [4.78, 5) is 56.9. The van der Waals surface area contributed by atoms with Gasteiger partial charge in [-0.25, -0.2) is 9.78 Å². The molecular weight excluding hydrogens is 442 g/mol. The van der Waals surface area contributed by atoms with Gasteiger partial charge in [-0.15, -0.1) is 0 Å². The molecule has 4 unspecified atom stereocenters. The van der Waals surface area contributed by atoms with Gasteiger partial charge in [0, 0.05) is 18.3 Å². The van der Waals surface area contributed by atoms with Crippen LogP contribution in [0.1, 0.15) is 52.7 Å². The van der Waals surface area contributed by atoms with Crippen LogP contribution in [0, 0.1) is 11.8 Å². The molecule has 1 aromatic rings. The lowest BCUT2D eigenvalue weighted by Crippen LogP contribution is -2.59. The third-order valence-corrected chi connectivity index (χ3v) is 5.40. The summed E-state index contributed by atoms with van der Waals surface area (Å²) in [6.07, 6.45) is 4.87. The zero-order valence-electron chi connectivity index (χ0n) is 20.3. The Labute approximate surface area is 200 Å². The number of carbonyl (C=O) groups is 4. The first-order chi connectivity index (χ1) is 16.0. The molecule has 12 nitrogen and oxygen atoms in total. The molecule has 0 aliphatic carbocycles. The normalized spacial score (nSPS) is 14.8. The largest absolute Gasteiger partial charge is 0.480 e. The van der Waals surface area contributed by atoms with Crippen LogP contribution in [0.5, 0.6) is 0 Å². The molecule has 4 atom stereocenters. The van der Waals surface area contributed by atoms with E-state index in [9.17, 15) is 24.3 Å². The molecule has 12 heteroatoms. The number of nitrogens with two attached hydrogens (primary N) is 2. The summed E-state index contributed by atoms with van der Waals surface area (Å²) in [5, 5.41) is 17.2. The fourth-order valence-corrected chi connectivity index (χ4v) is 3.29. The quantitative estimate of drug-likeness (QED) is 0.158. The number of H-pyrrole nitrogens is 1. The van der Waals surface area contributed by atoms with Gasteiger partial charge in [0.25, 0.3) is 0 Å². The third-order valence-electron chi connectivity index (χ3n) is 5.40. The van der Waals surface area contributed by atoms with Crippen molar-refractivity contribution in [3.63, 3.8) is 0 Å². The van der Waals surface area contributed by atoms with E-state index in [1.54, 1.807) is 27.7 Å². The lowest BCUT2D eigenvalue weighted by molar-refractivity contribution is -0.143. The molecule has 9 N–H and O–H groups in total. The molecule has 192 valence electrons. The molecule has 34 heavy (non-hydrogen) atoms. The number of aliphatic carboxylic acids is 1. The molecule has 1 aromatic heterocycles. The number of unbranched alkanes of at least 4 members (excludes halogenated alkanes) is 1. The van der Waals surface area contributed by atoms with Gasteiger partial charge < -0.3 is 37.5 Å². The number of amides is 3. The van der Waals surface area contributed by atoms with Gasteiger partial charge >= 0.3 is 5.97 Å². The van der Waals surface area contributed by atoms with E-state index in [0.717, 1.165) is 6.42 Å². The van der Waals surface area contributed by atoms with Crippen LogP contribution in [0.2, 0.25) is 0 Å². The molecule has 0 aliphatic rings. The fourth-order valence-electron chi connectivity index (χ4n) is 3.29. The molecule has 0 aliphatic heterocycles. The van der Waals surface area contributed by atoms with E-state index in [0.29, 0.717) is 25.1 Å². The van der Waals surface area contributed by atoms with E-state index in [4.69, 9.17) is 11.5 Å². The number of rotatable bonds is 15. The number of aromatic nitrogens is 2. The monoisotopic (exact) mass is 481 g/mol. The Bertz CT molecular complexity index is 798. The van der Waals surface area contributed by atoms with Gasteiger partial charge in [0.05, 0.1) is 12.4 Å². The van der Waals surface area contributed by atoms with Crippen molar-refractivity contribution in [2.75, 3.05) is 6.54 Å². The van der Waals surface area contributed by atoms with Gasteiger partial charge in [-0.3, -0.25) is 14.4 Å². The first-order valence-electron chi connectivity index (χ1n) is 11.5. The van der Waals surface area contributed by atoms with Crippen LogP contribution in [-0.4, -0.2) is 69.5 Å². The maximum absolute atomic E-state index is 13.1. The summed E-state index contributed by atoms with van der Waals surface area (Å²) in [5.74, 6) is -3.53. The number of hydrogen-bond acceptors (Lipinski definition) is 7. The average molecular weight is 482 g/mol. The van der Waals surface area contributed by atoms with E-state index in [2.05, 4.69) is 25.9 Å². The van der Waals surface area contributed by atoms with Crippen molar-refractivity contribution >= 4 is 23.7 Å². The average Bonchev–Trinajstić information content (AvgIpc) is 3.27. The lowest BCUT2D eigenvalue weighted by Gasteiger charge is -2.27. The maximum atomic E-state index is 13.1. The summed E-state index contributed by atoms with van der Waals surface area (Å²) in [7, 11) is 0. The lowest BCUT2D eigenvalue weighted by atomic mass is 10.0. The topological polar surface area (TPSA) is 205 Å². The second kappa shape index (κ2) is 14.3. The summed E-state index contributed by atoms with van der Waals surface area (Å²) in [5.41, 5.74) is 12.0. The van der Waals surface area contributed by atoms with Crippen molar-refractivity contribution in [1.82, 2.24) is 25.9 Å². The Hall–Kier alpha value is -2.99. The first kappa shape index (κ1) is 29.0. The molecule has 0 saturated heterocycles. The van der Waals surface area contributed by atoms with Crippen molar-refractivity contribution in [3.8, 4) is 0 Å². The van der Waals surface area contributed by atoms with Crippen molar-refractivity contribution in [3.05, 3.63) is 18.2 Å². The summed E-state index contributed by atoms with van der Waals surface area (Å²) in [6.45, 7) is 7.36. The Morgan fingerprint density at radius 2 is 1.59 bits per heavy atom. The summed E-state index contributed by atoms with van der Waals surface area (Å²) >= 11 is 0. The Kier molecular flexibility index (Phi) is 12.2. The number of carboxylic acids is 1. The first-order valence-corrected chi connectivity index (χ1v) is 11.5. The van der Waals surface area contributed by atoms with Crippen LogP contribution in [0.4, 0.5) is 0 Å². The van der Waals surface area contributed by atoms with Crippen molar-refractivity contribution in [1.29, 1.82) is 0 Å². The van der Waals surface area contributed by atoms with E-state index >= 15 is 0 Å². The second-order valence-corrected chi connectivity index (χ2v) is 9.03. The van der Waals surface area contributed by atoms with Gasteiger partial charge in [0.2, 0.25) is 17.7 Å². The Morgan fingerprint density at radius 3 is 2.09 bits per heavy atom. The second-order valence-electron chi connectivity index (χ2n) is 9.03. The molecule has 0 radical (unpaired) electrons. The standard InChI is InChI=1S/C22H39N7O5/c1-12(2)17(28-19(30)15(24)7-5-6-8-23)21(32)27-16(9-14-10-25-11-26-14)20(31)29-18(13(3)4)22(33)34/h10-13,15-18H,5-9,23-24H2,1-4H3,(H,25,26)(H,27,32)(H,28,30)(H,29,31)(H,33,34). The summed E-state index contributed by atoms with van der Waals surface area (Å²) in [6, 6.07) is -3.94. The molecule has 3 amide bonds. The molecule has 0 fully saturated rings. The van der Waals surface area contributed by atoms with Crippen LogP contribution >= 0.6 is 0 Å². The third kappa shape index (κ3) is 9.48. The highest BCUT2D eigenvalue weighted by Crippen LogP contribution is 2.08. The minimum absolute atomic E-state index is 0.0549. The van der Waals surface area contributed by atoms with Gasteiger partial charge in [-0.1, -0.05) is 34.1 Å². The predicted molar refractivity (Wildman–Crippen MR) is 126 cm³/mol. The summed E-state index contributed by atoms with van der Waals surface area (Å²) < 4.78 is 0. The van der Waals surface area contributed by atoms with Gasteiger partial charge in [-0.2, -0.15) is 0 Å². The van der Waals surface area contributed by atoms with Gasteiger partial charge in [0.15, 0.2) is 0 Å². The van der Waals surface area contributed by atoms with E-state index in [-0.39, 0.29) is 18.3 Å². The Balaban J connectivity index is 2.97. The minimum Gasteiger partial charge on any atom is -0.480 e. The molecule has 0 aromatic carbocycles. The number of nitrogens with one attached hydrogen (secondary N) is 4. The Morgan fingerprint density at radius 1 is 0.971 bits per heavy atom. The van der Waals surface area contributed by atoms with Crippen LogP contribution in [-0.2, 0) is 25.6 Å². The van der Waals surface area contributed by atoms with Crippen molar-refractivity contribution < 1.29 is 24.3 Å². The van der Waals surface area contributed by atoms with Crippen LogP contribution in [0.25, 0.3) is 0 Å². The predicted octanol–water partition coefficient (Wildman–Crippen LogP) is -0.740. The molecule has 0 saturated carbocycles. The highest BCUT2D eigenvalue weighted by Gasteiger charge is 2.32. The van der Waals surface area contributed by atoms with Crippen LogP contribution in [0.15, 0.2) is 12.5 Å². The number of hydrogen-bond donors (Lipinski definition) is 7. The molecule has 1 rings (SSSR count). The highest BCUT2D eigenvalue weighted by atomic mass is 16.4. The molecule has 0 spiro atoms. The molecule has 0 bridgehead atoms. The minimum atomic E-state index is -1.18. The zero-order chi connectivity index (χ0) is 25.8. The highest BCUT2D eigenvalue weighted by molar-refractivity contribution is 5.94. The molecular formula is C22H39N7O5. The van der Waals surface area contributed by atoms with Crippen LogP contribution < -0.4 is 27.4 Å². The number of nitrogens with zero attached hydrogens (tertiary/aromatic N) is 1. The van der Waals surface area contributed by atoms with Crippen LogP contribution in [0.3, 0.4) is 0 Å². The van der Waals surface area contributed by atoms with Gasteiger partial charge in [-0.05, 0) is 31.2 Å². The van der Waals surface area contributed by atoms with E-state index in [1.165, 1.54) is 12.5 Å². The van der Waals surface area contributed by atoms with Crippen molar-refractivity contribution in [2.45, 2.75) is 77.5 Å². The van der Waals surface area contributed by atoms with E-state index < -0.39 is 47.9 Å². The number of carboxylic acid groups (broad SMARTS) is 1. The van der Waals surface area contributed by atoms with Crippen molar-refractivity contribution in [2.24, 2.45) is 23.3 Å². The van der Waals surface area contributed by atoms with Gasteiger partial charge in [0.1, 0.15) is 18.1 Å². The number of imidazole rings is 1.